The highest BCUT2D eigenvalue weighted by Crippen LogP contribution is 2.35. The molecule has 0 aliphatic carbocycles. The third-order valence-electron chi connectivity index (χ3n) is 9.42. The van der Waals surface area contributed by atoms with E-state index >= 15 is 0 Å². The number of nitriles is 2. The Balaban J connectivity index is 1.49. The van der Waals surface area contributed by atoms with Crippen LogP contribution >= 0.6 is 0 Å². The number of rotatable bonds is 6. The van der Waals surface area contributed by atoms with E-state index in [-0.39, 0.29) is 0 Å². The van der Waals surface area contributed by atoms with Crippen molar-refractivity contribution in [2.45, 2.75) is 0 Å². The van der Waals surface area contributed by atoms with E-state index in [4.69, 9.17) is 0 Å². The second-order valence-electron chi connectivity index (χ2n) is 11.9. The maximum absolute atomic E-state index is 10.4. The predicted octanol–water partition coefficient (Wildman–Crippen LogP) is 7.57. The van der Waals surface area contributed by atoms with Crippen LogP contribution in [0.3, 0.4) is 0 Å². The normalized spacial score (nSPS) is 11.3. The van der Waals surface area contributed by atoms with Crippen molar-refractivity contribution in [3.05, 3.63) is 187 Å². The molecule has 0 saturated heterocycles. The topological polar surface area (TPSA) is 52.5 Å². The van der Waals surface area contributed by atoms with Gasteiger partial charge in [-0.2, -0.15) is 10.5 Å². The van der Waals surface area contributed by atoms with Gasteiger partial charge in [-0.05, 0) is 68.3 Å². The monoisotopic (exact) mass is 627 g/mol. The molecule has 8 rings (SSSR count). The Labute approximate surface area is 280 Å². The molecule has 0 spiro atoms. The first-order valence-electron chi connectivity index (χ1n) is 16.0. The molecule has 8 aromatic rings. The van der Waals surface area contributed by atoms with Crippen LogP contribution in [0.2, 0.25) is 0 Å². The van der Waals surface area contributed by atoms with Crippen LogP contribution in [0.5, 0.6) is 0 Å². The molecule has 1 heterocycles. The minimum absolute atomic E-state index is 0.584. The fourth-order valence-electron chi connectivity index (χ4n) is 7.37. The van der Waals surface area contributed by atoms with E-state index in [9.17, 15) is 10.5 Å². The molecule has 4 heteroatoms. The van der Waals surface area contributed by atoms with Crippen LogP contribution < -0.4 is 20.7 Å². The summed E-state index contributed by atoms with van der Waals surface area (Å²) < 4.78 is 2.21. The van der Waals surface area contributed by atoms with Gasteiger partial charge in [0.15, 0.2) is 8.07 Å². The third kappa shape index (κ3) is 4.55. The fraction of sp³-hybridized carbons (Fsp3) is 0. The summed E-state index contributed by atoms with van der Waals surface area (Å²) in [6.45, 7) is 0. The minimum Gasteiger partial charge on any atom is -0.308 e. The van der Waals surface area contributed by atoms with Crippen molar-refractivity contribution in [2.24, 2.45) is 0 Å². The van der Waals surface area contributed by atoms with Gasteiger partial charge in [-0.15, -0.1) is 0 Å². The van der Waals surface area contributed by atoms with Crippen LogP contribution in [-0.2, 0) is 0 Å². The summed E-state index contributed by atoms with van der Waals surface area (Å²) in [5.41, 5.74) is 6.02. The molecule has 0 bridgehead atoms. The second-order valence-corrected chi connectivity index (χ2v) is 15.7. The van der Waals surface area contributed by atoms with E-state index in [0.717, 1.165) is 38.6 Å². The van der Waals surface area contributed by atoms with Crippen molar-refractivity contribution in [3.8, 4) is 29.0 Å². The SMILES string of the molecule is N#Cc1ccc([Si](c2ccccc2)(c2ccccc2)c2ccccc2)c(-c2ccc(C#N)c(-n3c4ccccc4c4ccccc43)c2)c1. The predicted molar refractivity (Wildman–Crippen MR) is 199 cm³/mol. The van der Waals surface area contributed by atoms with Gasteiger partial charge in [-0.3, -0.25) is 0 Å². The summed E-state index contributed by atoms with van der Waals surface area (Å²) in [4.78, 5) is 0. The smallest absolute Gasteiger partial charge is 0.180 e. The summed E-state index contributed by atoms with van der Waals surface area (Å²) in [6, 6.07) is 66.2. The van der Waals surface area contributed by atoms with Crippen LogP contribution in [0, 0.1) is 22.7 Å². The largest absolute Gasteiger partial charge is 0.308 e. The highest BCUT2D eigenvalue weighted by Gasteiger charge is 2.43. The van der Waals surface area contributed by atoms with Crippen molar-refractivity contribution >= 4 is 50.6 Å². The molecule has 224 valence electrons. The van der Waals surface area contributed by atoms with E-state index in [1.54, 1.807) is 0 Å². The Morgan fingerprint density at radius 2 is 0.958 bits per heavy atom. The average molecular weight is 628 g/mol. The lowest BCUT2D eigenvalue weighted by Gasteiger charge is -2.36. The maximum atomic E-state index is 10.4. The first-order valence-corrected chi connectivity index (χ1v) is 18.0. The number of aromatic nitrogens is 1. The molecule has 0 saturated carbocycles. The molecular formula is C44H29N3Si. The van der Waals surface area contributed by atoms with Gasteiger partial charge in [0.25, 0.3) is 0 Å². The standard InChI is InChI=1S/C44H29N3Si/c45-30-32-24-27-44(48(35-14-4-1-5-15-35,36-16-6-2-7-17-36)37-18-8-3-9-19-37)40(28-32)33-25-26-34(31-46)43(29-33)47-41-22-12-10-20-38(41)39-21-11-13-23-42(39)47/h1-29H. The molecule has 3 nitrogen and oxygen atoms in total. The van der Waals surface area contributed by atoms with Gasteiger partial charge in [0.1, 0.15) is 6.07 Å². The summed E-state index contributed by atoms with van der Waals surface area (Å²) in [7, 11) is -2.94. The van der Waals surface area contributed by atoms with Crippen molar-refractivity contribution in [3.63, 3.8) is 0 Å². The van der Waals surface area contributed by atoms with Gasteiger partial charge in [0, 0.05) is 10.8 Å². The first kappa shape index (κ1) is 29.0. The molecule has 0 atom stereocenters. The number of hydrogen-bond acceptors (Lipinski definition) is 2. The Bertz CT molecular complexity index is 2370. The third-order valence-corrected chi connectivity index (χ3v) is 14.3. The molecule has 7 aromatic carbocycles. The lowest BCUT2D eigenvalue weighted by molar-refractivity contribution is 1.17. The van der Waals surface area contributed by atoms with Gasteiger partial charge >= 0.3 is 0 Å². The van der Waals surface area contributed by atoms with E-state index in [0.29, 0.717) is 11.1 Å². The van der Waals surface area contributed by atoms with Crippen molar-refractivity contribution < 1.29 is 0 Å². The quantitative estimate of drug-likeness (QED) is 0.141. The zero-order valence-electron chi connectivity index (χ0n) is 26.1. The van der Waals surface area contributed by atoms with Crippen molar-refractivity contribution in [1.29, 1.82) is 10.5 Å². The number of nitrogens with zero attached hydrogens (tertiary/aromatic N) is 3. The molecule has 0 amide bonds. The van der Waals surface area contributed by atoms with Crippen LogP contribution in [0.4, 0.5) is 0 Å². The zero-order valence-corrected chi connectivity index (χ0v) is 27.1. The molecule has 48 heavy (non-hydrogen) atoms. The average Bonchev–Trinajstić information content (AvgIpc) is 3.50. The number of fused-ring (bicyclic) bond motifs is 3. The molecule has 0 aliphatic heterocycles. The van der Waals surface area contributed by atoms with Crippen LogP contribution in [0.1, 0.15) is 11.1 Å². The van der Waals surface area contributed by atoms with E-state index in [1.807, 2.05) is 36.4 Å². The summed E-state index contributed by atoms with van der Waals surface area (Å²) in [5.74, 6) is 0. The Hall–Kier alpha value is -6.46. The van der Waals surface area contributed by atoms with Gasteiger partial charge in [0.05, 0.1) is 33.9 Å². The molecule has 0 radical (unpaired) electrons. The minimum atomic E-state index is -2.94. The molecule has 0 aliphatic rings. The number of benzene rings is 7. The highest BCUT2D eigenvalue weighted by molar-refractivity contribution is 7.20. The maximum Gasteiger partial charge on any atom is 0.180 e. The highest BCUT2D eigenvalue weighted by atomic mass is 28.3. The van der Waals surface area contributed by atoms with Gasteiger partial charge in [0.2, 0.25) is 0 Å². The summed E-state index contributed by atoms with van der Waals surface area (Å²) in [5, 5.41) is 27.8. The molecule has 0 unspecified atom stereocenters. The Kier molecular flexibility index (Phi) is 7.27. The second kappa shape index (κ2) is 12.0. The molecule has 0 fully saturated rings. The van der Waals surface area contributed by atoms with E-state index in [2.05, 4.69) is 156 Å². The van der Waals surface area contributed by atoms with Gasteiger partial charge in [-0.1, -0.05) is 140 Å². The number of para-hydroxylation sites is 2. The van der Waals surface area contributed by atoms with Crippen LogP contribution in [0.25, 0.3) is 38.6 Å². The summed E-state index contributed by atoms with van der Waals surface area (Å²) >= 11 is 0. The number of hydrogen-bond donors (Lipinski definition) is 0. The first-order chi connectivity index (χ1) is 23.7. The fourth-order valence-corrected chi connectivity index (χ4v) is 12.3. The Morgan fingerprint density at radius 3 is 1.46 bits per heavy atom. The molecule has 1 aromatic heterocycles. The van der Waals surface area contributed by atoms with Crippen LogP contribution in [-0.4, -0.2) is 12.6 Å². The van der Waals surface area contributed by atoms with Crippen LogP contribution in [0.15, 0.2) is 176 Å². The molecular weight excluding hydrogens is 599 g/mol. The lowest BCUT2D eigenvalue weighted by Crippen LogP contribution is -2.75. The van der Waals surface area contributed by atoms with Gasteiger partial charge in [-0.25, -0.2) is 0 Å². The van der Waals surface area contributed by atoms with Crippen molar-refractivity contribution in [2.75, 3.05) is 0 Å². The summed E-state index contributed by atoms with van der Waals surface area (Å²) in [6.07, 6.45) is 0. The van der Waals surface area contributed by atoms with E-state index < -0.39 is 8.07 Å². The Morgan fingerprint density at radius 1 is 0.458 bits per heavy atom. The van der Waals surface area contributed by atoms with Gasteiger partial charge < -0.3 is 4.57 Å². The zero-order chi connectivity index (χ0) is 32.5. The lowest BCUT2D eigenvalue weighted by atomic mass is 10.0. The van der Waals surface area contributed by atoms with Crippen molar-refractivity contribution in [1.82, 2.24) is 4.57 Å². The van der Waals surface area contributed by atoms with E-state index in [1.165, 1.54) is 20.7 Å². The molecule has 0 N–H and O–H groups in total.